The van der Waals surface area contributed by atoms with Gasteiger partial charge in [0.05, 0.1) is 0 Å². The van der Waals surface area contributed by atoms with Gasteiger partial charge in [0.15, 0.2) is 0 Å². The number of aliphatic hydroxyl groups excluding tert-OH is 1. The minimum absolute atomic E-state index is 0.180. The lowest BCUT2D eigenvalue weighted by atomic mass is 10.3. The Bertz CT molecular complexity index is 168. The van der Waals surface area contributed by atoms with Crippen molar-refractivity contribution in [1.82, 2.24) is 4.90 Å². The summed E-state index contributed by atoms with van der Waals surface area (Å²) in [7, 11) is 0. The fraction of sp³-hybridized carbons (Fsp3) is 0.667. The summed E-state index contributed by atoms with van der Waals surface area (Å²) in [5, 5.41) is 16.9. The summed E-state index contributed by atoms with van der Waals surface area (Å²) in [4.78, 5) is 12.2. The van der Waals surface area contributed by atoms with E-state index in [2.05, 4.69) is 4.90 Å². The number of hydrogen-bond acceptors (Lipinski definition) is 3. The van der Waals surface area contributed by atoms with Crippen LogP contribution >= 0.6 is 0 Å². The molecule has 0 aliphatic rings. The first-order valence-electron chi connectivity index (χ1n) is 4.43. The van der Waals surface area contributed by atoms with Crippen LogP contribution in [0.3, 0.4) is 0 Å². The van der Waals surface area contributed by atoms with E-state index in [1.807, 2.05) is 6.92 Å². The first-order chi connectivity index (χ1) is 6.20. The first-order valence-corrected chi connectivity index (χ1v) is 4.43. The molecule has 4 heteroatoms. The van der Waals surface area contributed by atoms with E-state index in [4.69, 9.17) is 10.2 Å². The average Bonchev–Trinajstić information content (AvgIpc) is 2.10. The number of likely N-dealkylation sites (N-methyl/N-ethyl adjacent to an activating group) is 1. The number of aliphatic carboxylic acids is 1. The number of carbonyl (C=O) groups is 1. The second-order valence-electron chi connectivity index (χ2n) is 2.71. The van der Waals surface area contributed by atoms with Crippen LogP contribution in [0, 0.1) is 0 Å². The maximum Gasteiger partial charge on any atom is 0.328 e. The van der Waals surface area contributed by atoms with Gasteiger partial charge in [-0.2, -0.15) is 0 Å². The van der Waals surface area contributed by atoms with Crippen LogP contribution in [0.15, 0.2) is 12.2 Å². The topological polar surface area (TPSA) is 60.8 Å². The molecule has 0 heterocycles. The molecule has 0 aromatic rings. The zero-order valence-electron chi connectivity index (χ0n) is 7.94. The van der Waals surface area contributed by atoms with Gasteiger partial charge < -0.3 is 10.2 Å². The van der Waals surface area contributed by atoms with Crippen LogP contribution in [0.2, 0.25) is 0 Å². The highest BCUT2D eigenvalue weighted by molar-refractivity contribution is 5.79. The summed E-state index contributed by atoms with van der Waals surface area (Å²) < 4.78 is 0. The molecule has 0 atom stereocenters. The number of hydrogen-bond donors (Lipinski definition) is 2. The molecule has 4 nitrogen and oxygen atoms in total. The second kappa shape index (κ2) is 7.76. The molecule has 0 radical (unpaired) electrons. The Morgan fingerprint density at radius 2 is 2.23 bits per heavy atom. The zero-order valence-corrected chi connectivity index (χ0v) is 7.94. The maximum absolute atomic E-state index is 10.1. The van der Waals surface area contributed by atoms with E-state index >= 15 is 0 Å². The molecular weight excluding hydrogens is 170 g/mol. The maximum atomic E-state index is 10.1. The van der Waals surface area contributed by atoms with Crippen molar-refractivity contribution in [2.45, 2.75) is 13.3 Å². The van der Waals surface area contributed by atoms with Crippen molar-refractivity contribution in [1.29, 1.82) is 0 Å². The van der Waals surface area contributed by atoms with Crippen molar-refractivity contribution >= 4 is 5.97 Å². The van der Waals surface area contributed by atoms with Crippen LogP contribution in [-0.4, -0.2) is 47.3 Å². The van der Waals surface area contributed by atoms with Gasteiger partial charge in [0.25, 0.3) is 0 Å². The summed E-state index contributed by atoms with van der Waals surface area (Å²) >= 11 is 0. The third-order valence-electron chi connectivity index (χ3n) is 1.70. The highest BCUT2D eigenvalue weighted by atomic mass is 16.4. The molecule has 0 amide bonds. The summed E-state index contributed by atoms with van der Waals surface area (Å²) in [6.45, 7) is 4.48. The third-order valence-corrected chi connectivity index (χ3v) is 1.70. The monoisotopic (exact) mass is 187 g/mol. The molecule has 0 aromatic carbocycles. The lowest BCUT2D eigenvalue weighted by molar-refractivity contribution is -0.131. The largest absolute Gasteiger partial charge is 0.478 e. The SMILES string of the molecule is CCN(C/C=C/C(=O)O)CCCO. The highest BCUT2D eigenvalue weighted by Gasteiger charge is 1.98. The van der Waals surface area contributed by atoms with Gasteiger partial charge in [-0.15, -0.1) is 0 Å². The predicted molar refractivity (Wildman–Crippen MR) is 50.6 cm³/mol. The Balaban J connectivity index is 3.64. The van der Waals surface area contributed by atoms with Gasteiger partial charge in [-0.3, -0.25) is 4.90 Å². The molecule has 0 aliphatic carbocycles. The Morgan fingerprint density at radius 3 is 2.69 bits per heavy atom. The van der Waals surface area contributed by atoms with Gasteiger partial charge in [0.1, 0.15) is 0 Å². The number of rotatable bonds is 7. The minimum atomic E-state index is -0.918. The molecular formula is C9H17NO3. The van der Waals surface area contributed by atoms with Crippen LogP contribution in [0.1, 0.15) is 13.3 Å². The van der Waals surface area contributed by atoms with Crippen molar-refractivity contribution in [3.8, 4) is 0 Å². The van der Waals surface area contributed by atoms with Crippen molar-refractivity contribution in [3.05, 3.63) is 12.2 Å². The molecule has 0 bridgehead atoms. The van der Waals surface area contributed by atoms with Crippen molar-refractivity contribution < 1.29 is 15.0 Å². The van der Waals surface area contributed by atoms with E-state index in [0.29, 0.717) is 6.54 Å². The van der Waals surface area contributed by atoms with Gasteiger partial charge >= 0.3 is 5.97 Å². The van der Waals surface area contributed by atoms with E-state index in [0.717, 1.165) is 25.6 Å². The predicted octanol–water partition coefficient (Wildman–Crippen LogP) is 0.332. The van der Waals surface area contributed by atoms with Crippen molar-refractivity contribution in [3.63, 3.8) is 0 Å². The fourth-order valence-electron chi connectivity index (χ4n) is 0.975. The van der Waals surface area contributed by atoms with E-state index in [1.165, 1.54) is 0 Å². The molecule has 13 heavy (non-hydrogen) atoms. The van der Waals surface area contributed by atoms with Crippen molar-refractivity contribution in [2.75, 3.05) is 26.2 Å². The van der Waals surface area contributed by atoms with E-state index < -0.39 is 5.97 Å². The van der Waals surface area contributed by atoms with Crippen LogP contribution < -0.4 is 0 Å². The smallest absolute Gasteiger partial charge is 0.328 e. The normalized spacial score (nSPS) is 11.3. The molecule has 0 saturated heterocycles. The molecule has 0 spiro atoms. The van der Waals surface area contributed by atoms with Crippen molar-refractivity contribution in [2.24, 2.45) is 0 Å². The molecule has 0 fully saturated rings. The Labute approximate surface area is 78.5 Å². The quantitative estimate of drug-likeness (QED) is 0.564. The third kappa shape index (κ3) is 7.49. The van der Waals surface area contributed by atoms with Gasteiger partial charge in [-0.05, 0) is 13.0 Å². The van der Waals surface area contributed by atoms with Crippen LogP contribution in [0.4, 0.5) is 0 Å². The first kappa shape index (κ1) is 12.1. The Kier molecular flexibility index (Phi) is 7.24. The molecule has 0 aliphatic heterocycles. The lowest BCUT2D eigenvalue weighted by Gasteiger charge is -2.17. The van der Waals surface area contributed by atoms with Crippen LogP contribution in [0.5, 0.6) is 0 Å². The molecule has 0 rings (SSSR count). The van der Waals surface area contributed by atoms with Gasteiger partial charge in [0, 0.05) is 25.8 Å². The molecule has 2 N–H and O–H groups in total. The van der Waals surface area contributed by atoms with Gasteiger partial charge in [0.2, 0.25) is 0 Å². The molecule has 0 unspecified atom stereocenters. The van der Waals surface area contributed by atoms with Gasteiger partial charge in [-0.1, -0.05) is 13.0 Å². The minimum Gasteiger partial charge on any atom is -0.478 e. The van der Waals surface area contributed by atoms with Crippen LogP contribution in [0.25, 0.3) is 0 Å². The number of aliphatic hydroxyl groups is 1. The van der Waals surface area contributed by atoms with E-state index in [9.17, 15) is 4.79 Å². The zero-order chi connectivity index (χ0) is 10.1. The Hall–Kier alpha value is -0.870. The summed E-state index contributed by atoms with van der Waals surface area (Å²) in [5.74, 6) is -0.918. The number of carboxylic acid groups (broad SMARTS) is 1. The van der Waals surface area contributed by atoms with Gasteiger partial charge in [-0.25, -0.2) is 4.79 Å². The standard InChI is InChI=1S/C9H17NO3/c1-2-10(7-4-8-11)6-3-5-9(12)13/h3,5,11H,2,4,6-8H2,1H3,(H,12,13)/b5-3+. The summed E-state index contributed by atoms with van der Waals surface area (Å²) in [6.07, 6.45) is 3.49. The van der Waals surface area contributed by atoms with Crippen LogP contribution in [-0.2, 0) is 4.79 Å². The lowest BCUT2D eigenvalue weighted by Crippen LogP contribution is -2.25. The fourth-order valence-corrected chi connectivity index (χ4v) is 0.975. The van der Waals surface area contributed by atoms with E-state index in [1.54, 1.807) is 6.08 Å². The molecule has 0 aromatic heterocycles. The number of carboxylic acids is 1. The summed E-state index contributed by atoms with van der Waals surface area (Å²) in [6, 6.07) is 0. The second-order valence-corrected chi connectivity index (χ2v) is 2.71. The highest BCUT2D eigenvalue weighted by Crippen LogP contribution is 1.91. The molecule has 76 valence electrons. The average molecular weight is 187 g/mol. The molecule has 0 saturated carbocycles. The van der Waals surface area contributed by atoms with E-state index in [-0.39, 0.29) is 6.61 Å². The Morgan fingerprint density at radius 1 is 1.54 bits per heavy atom. The number of nitrogens with zero attached hydrogens (tertiary/aromatic N) is 1. The summed E-state index contributed by atoms with van der Waals surface area (Å²) in [5.41, 5.74) is 0.